The fraction of sp³-hybridized carbons (Fsp3) is 0.762. The minimum absolute atomic E-state index is 0.626. The third-order valence-corrected chi connectivity index (χ3v) is 6.02. The molecule has 1 nitrogen and oxygen atoms in total. The summed E-state index contributed by atoms with van der Waals surface area (Å²) in [6, 6.07) is 1.55. The number of halogens is 1. The summed E-state index contributed by atoms with van der Waals surface area (Å²) in [7, 11) is 0. The molecular weight excluding hydrogens is 285 g/mol. The molecule has 0 aromatic carbocycles. The Morgan fingerprint density at radius 2 is 1.48 bits per heavy atom. The predicted octanol–water partition coefficient (Wildman–Crippen LogP) is 6.72. The zero-order valence-electron chi connectivity index (χ0n) is 14.6. The van der Waals surface area contributed by atoms with Crippen molar-refractivity contribution in [1.82, 2.24) is 0 Å². The minimum atomic E-state index is -0.626. The number of rotatable bonds is 6. The van der Waals surface area contributed by atoms with Crippen molar-refractivity contribution in [2.24, 2.45) is 23.7 Å². The van der Waals surface area contributed by atoms with Crippen molar-refractivity contribution in [2.45, 2.75) is 77.6 Å². The molecular formula is C21H32FN. The largest absolute Gasteiger partial charge is 0.196 e. The highest BCUT2D eigenvalue weighted by atomic mass is 19.1. The van der Waals surface area contributed by atoms with Crippen LogP contribution >= 0.6 is 0 Å². The molecule has 0 aliphatic heterocycles. The Kier molecular flexibility index (Phi) is 7.86. The molecule has 0 aromatic heterocycles. The molecule has 2 aliphatic rings. The van der Waals surface area contributed by atoms with E-state index in [2.05, 4.69) is 19.1 Å². The number of nitriles is 1. The zero-order valence-corrected chi connectivity index (χ0v) is 14.6. The van der Waals surface area contributed by atoms with E-state index >= 15 is 0 Å². The second kappa shape index (κ2) is 9.91. The quantitative estimate of drug-likeness (QED) is 0.394. The molecule has 23 heavy (non-hydrogen) atoms. The molecule has 0 bridgehead atoms. The van der Waals surface area contributed by atoms with E-state index in [1.165, 1.54) is 63.9 Å². The van der Waals surface area contributed by atoms with Crippen molar-refractivity contribution in [2.75, 3.05) is 0 Å². The van der Waals surface area contributed by atoms with Crippen LogP contribution in [0.5, 0.6) is 0 Å². The highest BCUT2D eigenvalue weighted by molar-refractivity contribution is 5.11. The van der Waals surface area contributed by atoms with Gasteiger partial charge in [-0.25, -0.2) is 0 Å². The van der Waals surface area contributed by atoms with Crippen LogP contribution in [0.25, 0.3) is 0 Å². The summed E-state index contributed by atoms with van der Waals surface area (Å²) in [5.41, 5.74) is 0. The van der Waals surface area contributed by atoms with Crippen LogP contribution < -0.4 is 0 Å². The smallest absolute Gasteiger partial charge is 0.195 e. The monoisotopic (exact) mass is 317 g/mol. The standard InChI is InChI=1S/C21H32FN/c1-2-17-6-8-19(9-7-17)14-15-20-12-10-18(11-13-20)4-3-5-21(22)16-23/h5,14-15,17-20H,2-4,6-13H2,1H3/t17-,18-,19-,20-. The average molecular weight is 317 g/mol. The van der Waals surface area contributed by atoms with Gasteiger partial charge in [-0.05, 0) is 94.0 Å². The summed E-state index contributed by atoms with van der Waals surface area (Å²) < 4.78 is 12.8. The first-order valence-electron chi connectivity index (χ1n) is 9.65. The normalized spacial score (nSPS) is 32.8. The van der Waals surface area contributed by atoms with Gasteiger partial charge < -0.3 is 0 Å². The molecule has 2 heteroatoms. The molecule has 0 amide bonds. The molecule has 0 aromatic rings. The summed E-state index contributed by atoms with van der Waals surface area (Å²) in [6.45, 7) is 2.32. The van der Waals surface area contributed by atoms with E-state index in [9.17, 15) is 4.39 Å². The lowest BCUT2D eigenvalue weighted by Crippen LogP contribution is -2.14. The average Bonchev–Trinajstić information content (AvgIpc) is 2.61. The highest BCUT2D eigenvalue weighted by Crippen LogP contribution is 2.35. The van der Waals surface area contributed by atoms with E-state index in [0.29, 0.717) is 6.42 Å². The molecule has 0 unspecified atom stereocenters. The predicted molar refractivity (Wildman–Crippen MR) is 94.4 cm³/mol. The third-order valence-electron chi connectivity index (χ3n) is 6.02. The van der Waals surface area contributed by atoms with Gasteiger partial charge in [0.2, 0.25) is 0 Å². The summed E-state index contributed by atoms with van der Waals surface area (Å²) in [5, 5.41) is 8.40. The van der Waals surface area contributed by atoms with Crippen LogP contribution in [0.2, 0.25) is 0 Å². The van der Waals surface area contributed by atoms with Crippen molar-refractivity contribution >= 4 is 0 Å². The molecule has 0 radical (unpaired) electrons. The Hall–Kier alpha value is -1.10. The third kappa shape index (κ3) is 6.50. The maximum absolute atomic E-state index is 12.8. The van der Waals surface area contributed by atoms with Crippen LogP contribution in [0.15, 0.2) is 24.1 Å². The first kappa shape index (κ1) is 18.2. The van der Waals surface area contributed by atoms with Crippen LogP contribution in [0, 0.1) is 35.0 Å². The molecule has 0 heterocycles. The Morgan fingerprint density at radius 1 is 0.957 bits per heavy atom. The first-order chi connectivity index (χ1) is 11.2. The van der Waals surface area contributed by atoms with E-state index in [4.69, 9.17) is 5.26 Å². The van der Waals surface area contributed by atoms with Crippen LogP contribution in [-0.2, 0) is 0 Å². The van der Waals surface area contributed by atoms with Gasteiger partial charge in [0.25, 0.3) is 0 Å². The van der Waals surface area contributed by atoms with Crippen molar-refractivity contribution in [3.63, 3.8) is 0 Å². The van der Waals surface area contributed by atoms with E-state index in [-0.39, 0.29) is 0 Å². The molecule has 2 fully saturated rings. The van der Waals surface area contributed by atoms with Gasteiger partial charge >= 0.3 is 0 Å². The lowest BCUT2D eigenvalue weighted by Gasteiger charge is -2.28. The van der Waals surface area contributed by atoms with Gasteiger partial charge in [-0.2, -0.15) is 9.65 Å². The second-order valence-corrected chi connectivity index (χ2v) is 7.60. The second-order valence-electron chi connectivity index (χ2n) is 7.60. The van der Waals surface area contributed by atoms with Gasteiger partial charge in [-0.15, -0.1) is 0 Å². The van der Waals surface area contributed by atoms with E-state index < -0.39 is 5.83 Å². The Balaban J connectivity index is 1.63. The summed E-state index contributed by atoms with van der Waals surface area (Å²) >= 11 is 0. The Labute approximate surface area is 141 Å². The van der Waals surface area contributed by atoms with Gasteiger partial charge in [0, 0.05) is 0 Å². The maximum Gasteiger partial charge on any atom is 0.196 e. The van der Waals surface area contributed by atoms with Crippen LogP contribution in [0.3, 0.4) is 0 Å². The molecule has 0 N–H and O–H groups in total. The van der Waals surface area contributed by atoms with Gasteiger partial charge in [0.05, 0.1) is 0 Å². The number of hydrogen-bond donors (Lipinski definition) is 0. The van der Waals surface area contributed by atoms with Crippen molar-refractivity contribution in [3.05, 3.63) is 24.1 Å². The van der Waals surface area contributed by atoms with Crippen LogP contribution in [-0.4, -0.2) is 0 Å². The molecule has 0 atom stereocenters. The van der Waals surface area contributed by atoms with Gasteiger partial charge in [-0.3, -0.25) is 0 Å². The molecule has 2 rings (SSSR count). The Morgan fingerprint density at radius 3 is 1.96 bits per heavy atom. The fourth-order valence-electron chi connectivity index (χ4n) is 4.26. The van der Waals surface area contributed by atoms with E-state index in [1.54, 1.807) is 6.07 Å². The lowest BCUT2D eigenvalue weighted by atomic mass is 9.78. The number of hydrogen-bond acceptors (Lipinski definition) is 1. The van der Waals surface area contributed by atoms with Crippen molar-refractivity contribution < 1.29 is 4.39 Å². The van der Waals surface area contributed by atoms with Crippen molar-refractivity contribution in [1.29, 1.82) is 5.26 Å². The van der Waals surface area contributed by atoms with E-state index in [1.807, 2.05) is 0 Å². The zero-order chi connectivity index (χ0) is 16.5. The number of allylic oxidation sites excluding steroid dienone is 4. The highest BCUT2D eigenvalue weighted by Gasteiger charge is 2.21. The SMILES string of the molecule is CC[C@H]1CC[C@H](C=C[C@H]2CC[C@H](CCC=C(F)C#N)CC2)CC1. The fourth-order valence-corrected chi connectivity index (χ4v) is 4.26. The molecule has 2 aliphatic carbocycles. The maximum atomic E-state index is 12.8. The summed E-state index contributed by atoms with van der Waals surface area (Å²) in [5.74, 6) is 2.67. The van der Waals surface area contributed by atoms with Crippen LogP contribution in [0.4, 0.5) is 4.39 Å². The first-order valence-corrected chi connectivity index (χ1v) is 9.65. The molecule has 128 valence electrons. The lowest BCUT2D eigenvalue weighted by molar-refractivity contribution is 0.289. The topological polar surface area (TPSA) is 23.8 Å². The molecule has 0 saturated heterocycles. The van der Waals surface area contributed by atoms with Gasteiger partial charge in [-0.1, -0.05) is 25.5 Å². The van der Waals surface area contributed by atoms with Gasteiger partial charge in [0.15, 0.2) is 5.83 Å². The van der Waals surface area contributed by atoms with Crippen molar-refractivity contribution in [3.8, 4) is 6.07 Å². The molecule has 0 spiro atoms. The van der Waals surface area contributed by atoms with Gasteiger partial charge in [0.1, 0.15) is 6.07 Å². The number of nitrogens with zero attached hydrogens (tertiary/aromatic N) is 1. The van der Waals surface area contributed by atoms with E-state index in [0.717, 1.165) is 30.1 Å². The summed E-state index contributed by atoms with van der Waals surface area (Å²) in [4.78, 5) is 0. The van der Waals surface area contributed by atoms with Crippen LogP contribution in [0.1, 0.15) is 77.6 Å². The Bertz CT molecular complexity index is 429. The minimum Gasteiger partial charge on any atom is -0.195 e. The molecule has 2 saturated carbocycles. The summed E-state index contributed by atoms with van der Waals surface area (Å²) in [6.07, 6.45) is 20.3.